The quantitative estimate of drug-likeness (QED) is 0.629. The van der Waals surface area contributed by atoms with Crippen LogP contribution in [-0.4, -0.2) is 27.6 Å². The Morgan fingerprint density at radius 2 is 1.71 bits per heavy atom. The molecule has 0 spiro atoms. The molecule has 2 N–H and O–H groups in total. The maximum absolute atomic E-state index is 13.4. The van der Waals surface area contributed by atoms with Gasteiger partial charge >= 0.3 is 5.97 Å². The van der Waals surface area contributed by atoms with Gasteiger partial charge in [0.15, 0.2) is 0 Å². The molecule has 0 aliphatic heterocycles. The number of carbonyl (C=O) groups is 1. The maximum atomic E-state index is 13.4. The summed E-state index contributed by atoms with van der Waals surface area (Å²) in [5, 5.41) is 4.96. The highest BCUT2D eigenvalue weighted by atomic mass is 32.2. The van der Waals surface area contributed by atoms with Gasteiger partial charge in [-0.25, -0.2) is 27.1 Å². The van der Waals surface area contributed by atoms with Gasteiger partial charge in [-0.2, -0.15) is 0 Å². The van der Waals surface area contributed by atoms with Gasteiger partial charge in [0.1, 0.15) is 30.6 Å². The maximum Gasteiger partial charge on any atom is 0.341 e. The average Bonchev–Trinajstić information content (AvgIpc) is 2.51. The van der Waals surface area contributed by atoms with E-state index in [0.717, 1.165) is 12.1 Å². The Kier molecular flexibility index (Phi) is 5.47. The second kappa shape index (κ2) is 7.37. The molecule has 0 heterocycles. The topological polar surface area (TPSA) is 95.7 Å². The van der Waals surface area contributed by atoms with E-state index in [0.29, 0.717) is 11.8 Å². The number of esters is 1. The first-order chi connectivity index (χ1) is 11.3. The molecule has 2 aromatic rings. The molecule has 0 aliphatic rings. The van der Waals surface area contributed by atoms with Crippen LogP contribution in [0.2, 0.25) is 0 Å². The van der Waals surface area contributed by atoms with E-state index in [1.807, 2.05) is 0 Å². The molecule has 0 unspecified atom stereocenters. The van der Waals surface area contributed by atoms with Crippen molar-refractivity contribution in [1.82, 2.24) is 0 Å². The minimum atomic E-state index is -3.78. The van der Waals surface area contributed by atoms with E-state index in [4.69, 9.17) is 14.6 Å². The normalized spacial score (nSPS) is 11.1. The SMILES string of the molecule is NS(=O)(=O)c1ccc(OCCOC(=O)c2ccc(F)cc2F)cc1. The van der Waals surface area contributed by atoms with Crippen LogP contribution in [0.5, 0.6) is 5.75 Å². The molecule has 0 atom stereocenters. The molecule has 0 amide bonds. The van der Waals surface area contributed by atoms with Crippen molar-refractivity contribution >= 4 is 16.0 Å². The van der Waals surface area contributed by atoms with E-state index in [1.165, 1.54) is 24.3 Å². The van der Waals surface area contributed by atoms with Crippen LogP contribution in [0, 0.1) is 11.6 Å². The van der Waals surface area contributed by atoms with Crippen molar-refractivity contribution in [3.63, 3.8) is 0 Å². The molecular weight excluding hydrogens is 344 g/mol. The first-order valence-electron chi connectivity index (χ1n) is 6.65. The molecule has 0 aliphatic carbocycles. The first kappa shape index (κ1) is 17.8. The number of hydrogen-bond donors (Lipinski definition) is 1. The molecule has 6 nitrogen and oxygen atoms in total. The second-order valence-electron chi connectivity index (χ2n) is 4.62. The summed E-state index contributed by atoms with van der Waals surface area (Å²) in [6.45, 7) is -0.212. The van der Waals surface area contributed by atoms with Crippen LogP contribution in [0.4, 0.5) is 8.78 Å². The minimum Gasteiger partial charge on any atom is -0.490 e. The van der Waals surface area contributed by atoms with Crippen LogP contribution in [0.3, 0.4) is 0 Å². The van der Waals surface area contributed by atoms with Crippen LogP contribution in [0.15, 0.2) is 47.4 Å². The molecule has 0 aromatic heterocycles. The van der Waals surface area contributed by atoms with Crippen molar-refractivity contribution in [2.24, 2.45) is 5.14 Å². The highest BCUT2D eigenvalue weighted by Gasteiger charge is 2.13. The third-order valence-electron chi connectivity index (χ3n) is 2.89. The van der Waals surface area contributed by atoms with Gasteiger partial charge in [-0.1, -0.05) is 0 Å². The summed E-state index contributed by atoms with van der Waals surface area (Å²) in [5.74, 6) is -2.41. The number of halogens is 2. The third-order valence-corrected chi connectivity index (χ3v) is 3.82. The minimum absolute atomic E-state index is 0.0384. The van der Waals surface area contributed by atoms with E-state index in [-0.39, 0.29) is 23.7 Å². The molecule has 2 aromatic carbocycles. The number of hydrogen-bond acceptors (Lipinski definition) is 5. The Labute approximate surface area is 136 Å². The Hall–Kier alpha value is -2.52. The summed E-state index contributed by atoms with van der Waals surface area (Å²) in [4.78, 5) is 11.6. The summed E-state index contributed by atoms with van der Waals surface area (Å²) < 4.78 is 58.4. The predicted molar refractivity (Wildman–Crippen MR) is 80.0 cm³/mol. The molecular formula is C15H13F2NO5S. The van der Waals surface area contributed by atoms with Gasteiger partial charge in [0.25, 0.3) is 0 Å². The number of carbonyl (C=O) groups excluding carboxylic acids is 1. The number of rotatable bonds is 6. The fourth-order valence-corrected chi connectivity index (χ4v) is 2.27. The molecule has 24 heavy (non-hydrogen) atoms. The van der Waals surface area contributed by atoms with Crippen LogP contribution in [0.25, 0.3) is 0 Å². The van der Waals surface area contributed by atoms with Crippen molar-refractivity contribution in [2.45, 2.75) is 4.90 Å². The molecule has 0 bridgehead atoms. The Bertz CT molecular complexity index is 837. The molecule has 0 fully saturated rings. The summed E-state index contributed by atoms with van der Waals surface area (Å²) in [6.07, 6.45) is 0. The fraction of sp³-hybridized carbons (Fsp3) is 0.133. The standard InChI is InChI=1S/C15H13F2NO5S/c16-10-1-6-13(14(17)9-10)15(19)23-8-7-22-11-2-4-12(5-3-11)24(18,20)21/h1-6,9H,7-8H2,(H2,18,20,21). The largest absolute Gasteiger partial charge is 0.490 e. The molecule has 0 radical (unpaired) electrons. The van der Waals surface area contributed by atoms with Crippen molar-refractivity contribution in [3.8, 4) is 5.75 Å². The Morgan fingerprint density at radius 3 is 2.29 bits per heavy atom. The number of nitrogens with two attached hydrogens (primary N) is 1. The lowest BCUT2D eigenvalue weighted by Crippen LogP contribution is -2.14. The predicted octanol–water partition coefficient (Wildman–Crippen LogP) is 1.85. The van der Waals surface area contributed by atoms with Gasteiger partial charge < -0.3 is 9.47 Å². The first-order valence-corrected chi connectivity index (χ1v) is 8.20. The molecule has 2 rings (SSSR count). The van der Waals surface area contributed by atoms with Crippen LogP contribution in [-0.2, 0) is 14.8 Å². The zero-order valence-electron chi connectivity index (χ0n) is 12.2. The van der Waals surface area contributed by atoms with Gasteiger partial charge in [-0.05, 0) is 36.4 Å². The second-order valence-corrected chi connectivity index (χ2v) is 6.19. The van der Waals surface area contributed by atoms with Crippen LogP contribution in [0.1, 0.15) is 10.4 Å². The summed E-state index contributed by atoms with van der Waals surface area (Å²) in [7, 11) is -3.78. The van der Waals surface area contributed by atoms with Gasteiger partial charge in [-0.3, -0.25) is 0 Å². The van der Waals surface area contributed by atoms with Gasteiger partial charge in [0.05, 0.1) is 10.5 Å². The highest BCUT2D eigenvalue weighted by Crippen LogP contribution is 2.15. The van der Waals surface area contributed by atoms with Crippen molar-refractivity contribution in [2.75, 3.05) is 13.2 Å². The third kappa shape index (κ3) is 4.74. The molecule has 0 saturated heterocycles. The van der Waals surface area contributed by atoms with E-state index in [2.05, 4.69) is 0 Å². The van der Waals surface area contributed by atoms with Crippen molar-refractivity contribution in [3.05, 3.63) is 59.7 Å². The summed E-state index contributed by atoms with van der Waals surface area (Å²) >= 11 is 0. The lowest BCUT2D eigenvalue weighted by Gasteiger charge is -2.08. The average molecular weight is 357 g/mol. The van der Waals surface area contributed by atoms with Gasteiger partial charge in [0.2, 0.25) is 10.0 Å². The lowest BCUT2D eigenvalue weighted by atomic mass is 10.2. The molecule has 128 valence electrons. The van der Waals surface area contributed by atoms with Gasteiger partial charge in [0, 0.05) is 6.07 Å². The number of sulfonamides is 1. The summed E-state index contributed by atoms with van der Waals surface area (Å²) in [5.41, 5.74) is -0.381. The smallest absolute Gasteiger partial charge is 0.341 e. The molecule has 0 saturated carbocycles. The van der Waals surface area contributed by atoms with Crippen molar-refractivity contribution < 1.29 is 31.5 Å². The summed E-state index contributed by atoms with van der Waals surface area (Å²) in [6, 6.07) is 7.83. The van der Waals surface area contributed by atoms with E-state index in [9.17, 15) is 22.0 Å². The number of primary sulfonamides is 1. The number of ether oxygens (including phenoxy) is 2. The Morgan fingerprint density at radius 1 is 1.04 bits per heavy atom. The van der Waals surface area contributed by atoms with Crippen LogP contribution < -0.4 is 9.88 Å². The van der Waals surface area contributed by atoms with Crippen LogP contribution >= 0.6 is 0 Å². The van der Waals surface area contributed by atoms with Gasteiger partial charge in [-0.15, -0.1) is 0 Å². The highest BCUT2D eigenvalue weighted by molar-refractivity contribution is 7.89. The fourth-order valence-electron chi connectivity index (χ4n) is 1.75. The number of benzene rings is 2. The van der Waals surface area contributed by atoms with E-state index in [1.54, 1.807) is 0 Å². The lowest BCUT2D eigenvalue weighted by molar-refractivity contribution is 0.0445. The zero-order chi connectivity index (χ0) is 17.7. The molecule has 9 heteroatoms. The monoisotopic (exact) mass is 357 g/mol. The Balaban J connectivity index is 1.83. The van der Waals surface area contributed by atoms with E-state index >= 15 is 0 Å². The van der Waals surface area contributed by atoms with E-state index < -0.39 is 27.6 Å². The zero-order valence-corrected chi connectivity index (χ0v) is 13.1. The van der Waals surface area contributed by atoms with Crippen molar-refractivity contribution in [1.29, 1.82) is 0 Å².